The van der Waals surface area contributed by atoms with Gasteiger partial charge >= 0.3 is 0 Å². The largest absolute Gasteiger partial charge is 0.389 e. The third kappa shape index (κ3) is 3.77. The number of hydrogen-bond acceptors (Lipinski definition) is 7. The minimum absolute atomic E-state index is 0.185. The highest BCUT2D eigenvalue weighted by atomic mass is 16.7. The molecule has 2 rings (SSSR count). The van der Waals surface area contributed by atoms with Gasteiger partial charge in [0.25, 0.3) is 0 Å². The second-order valence-electron chi connectivity index (χ2n) is 7.53. The van der Waals surface area contributed by atoms with Gasteiger partial charge < -0.3 is 34.1 Å². The quantitative estimate of drug-likeness (QED) is 0.760. The fraction of sp³-hybridized carbons (Fsp3) is 1.00. The zero-order valence-electron chi connectivity index (χ0n) is 15.8. The van der Waals surface area contributed by atoms with E-state index in [1.165, 1.54) is 0 Å². The molecule has 2 aliphatic rings. The van der Waals surface area contributed by atoms with Crippen LogP contribution in [0.1, 0.15) is 34.1 Å². The Morgan fingerprint density at radius 3 is 2.21 bits per heavy atom. The van der Waals surface area contributed by atoms with Crippen LogP contribution in [0.25, 0.3) is 0 Å². The molecular formula is C17H33NO6. The summed E-state index contributed by atoms with van der Waals surface area (Å²) in [6, 6.07) is -0.205. The van der Waals surface area contributed by atoms with Crippen LogP contribution in [0, 0.1) is 0 Å². The van der Waals surface area contributed by atoms with Crippen molar-refractivity contribution in [3.8, 4) is 0 Å². The minimum Gasteiger partial charge on any atom is -0.389 e. The third-order valence-electron chi connectivity index (χ3n) is 5.44. The molecule has 7 heteroatoms. The van der Waals surface area contributed by atoms with Crippen LogP contribution in [-0.2, 0) is 18.9 Å². The fourth-order valence-corrected chi connectivity index (χ4v) is 3.81. The summed E-state index contributed by atoms with van der Waals surface area (Å²) in [6.45, 7) is 7.47. The molecule has 2 saturated heterocycles. The molecule has 0 aromatic rings. The van der Waals surface area contributed by atoms with Crippen molar-refractivity contribution in [2.24, 2.45) is 0 Å². The van der Waals surface area contributed by atoms with Crippen molar-refractivity contribution < 1.29 is 29.2 Å². The lowest BCUT2D eigenvalue weighted by Crippen LogP contribution is -2.64. The molecule has 2 heterocycles. The first-order valence-corrected chi connectivity index (χ1v) is 8.64. The lowest BCUT2D eigenvalue weighted by Gasteiger charge is -2.49. The molecule has 0 amide bonds. The fourth-order valence-electron chi connectivity index (χ4n) is 3.81. The molecule has 7 nitrogen and oxygen atoms in total. The van der Waals surface area contributed by atoms with Gasteiger partial charge in [0.1, 0.15) is 12.2 Å². The Morgan fingerprint density at radius 1 is 1.04 bits per heavy atom. The van der Waals surface area contributed by atoms with Crippen molar-refractivity contribution in [1.82, 2.24) is 4.90 Å². The summed E-state index contributed by atoms with van der Waals surface area (Å²) >= 11 is 0. The Morgan fingerprint density at radius 2 is 1.67 bits per heavy atom. The van der Waals surface area contributed by atoms with Gasteiger partial charge in [0.15, 0.2) is 6.29 Å². The van der Waals surface area contributed by atoms with Gasteiger partial charge in [0.2, 0.25) is 0 Å². The van der Waals surface area contributed by atoms with Crippen LogP contribution in [0.3, 0.4) is 0 Å². The number of likely N-dealkylation sites (N-methyl/N-ethyl adjacent to an activating group) is 1. The highest BCUT2D eigenvalue weighted by Gasteiger charge is 2.49. The topological polar surface area (TPSA) is 80.6 Å². The predicted molar refractivity (Wildman–Crippen MR) is 88.7 cm³/mol. The van der Waals surface area contributed by atoms with E-state index in [2.05, 4.69) is 0 Å². The van der Waals surface area contributed by atoms with Gasteiger partial charge in [-0.25, -0.2) is 0 Å². The van der Waals surface area contributed by atoms with Gasteiger partial charge in [-0.3, -0.25) is 0 Å². The molecule has 0 saturated carbocycles. The molecule has 8 unspecified atom stereocenters. The molecular weight excluding hydrogens is 314 g/mol. The molecule has 0 aliphatic carbocycles. The minimum atomic E-state index is -0.735. The van der Waals surface area contributed by atoms with Crippen LogP contribution in [-0.4, -0.2) is 90.9 Å². The van der Waals surface area contributed by atoms with Crippen LogP contribution in [0.2, 0.25) is 0 Å². The zero-order valence-corrected chi connectivity index (χ0v) is 15.8. The molecule has 142 valence electrons. The van der Waals surface area contributed by atoms with E-state index in [9.17, 15) is 10.2 Å². The van der Waals surface area contributed by atoms with Gasteiger partial charge in [-0.05, 0) is 41.8 Å². The number of rotatable bonds is 4. The van der Waals surface area contributed by atoms with E-state index in [4.69, 9.17) is 18.9 Å². The summed E-state index contributed by atoms with van der Waals surface area (Å²) in [5, 5.41) is 20.8. The summed E-state index contributed by atoms with van der Waals surface area (Å²) in [7, 11) is 5.42. The van der Waals surface area contributed by atoms with Gasteiger partial charge in [0.05, 0.1) is 36.1 Å². The molecule has 0 aromatic heterocycles. The second kappa shape index (κ2) is 7.53. The molecule has 0 spiro atoms. The van der Waals surface area contributed by atoms with E-state index in [0.717, 1.165) is 0 Å². The molecule has 0 radical (unpaired) electrons. The first-order valence-electron chi connectivity index (χ1n) is 8.64. The van der Waals surface area contributed by atoms with E-state index in [0.29, 0.717) is 6.42 Å². The molecule has 0 aromatic carbocycles. The number of aliphatic hydroxyl groups excluding tert-OH is 2. The van der Waals surface area contributed by atoms with Crippen LogP contribution in [0.4, 0.5) is 0 Å². The first-order chi connectivity index (χ1) is 11.1. The van der Waals surface area contributed by atoms with Gasteiger partial charge in [-0.15, -0.1) is 0 Å². The molecule has 2 N–H and O–H groups in total. The van der Waals surface area contributed by atoms with Crippen molar-refractivity contribution >= 4 is 0 Å². The smallest absolute Gasteiger partial charge is 0.161 e. The average Bonchev–Trinajstić information content (AvgIpc) is 2.50. The second-order valence-corrected chi connectivity index (χ2v) is 7.53. The summed E-state index contributed by atoms with van der Waals surface area (Å²) in [4.78, 5) is 1.96. The maximum atomic E-state index is 10.5. The molecule has 24 heavy (non-hydrogen) atoms. The van der Waals surface area contributed by atoms with E-state index in [1.54, 1.807) is 14.0 Å². The van der Waals surface area contributed by atoms with E-state index in [1.807, 2.05) is 39.8 Å². The normalized spacial score (nSPS) is 50.2. The number of nitrogens with zero attached hydrogens (tertiary/aromatic N) is 1. The summed E-state index contributed by atoms with van der Waals surface area (Å²) in [6.07, 6.45) is -2.70. The summed E-state index contributed by atoms with van der Waals surface area (Å²) in [5.74, 6) is 0. The van der Waals surface area contributed by atoms with Crippen LogP contribution in [0.5, 0.6) is 0 Å². The van der Waals surface area contributed by atoms with Crippen LogP contribution >= 0.6 is 0 Å². The van der Waals surface area contributed by atoms with Gasteiger partial charge in [-0.2, -0.15) is 0 Å². The predicted octanol–water partition coefficient (Wildman–Crippen LogP) is 0.371. The van der Waals surface area contributed by atoms with Crippen molar-refractivity contribution in [2.75, 3.05) is 21.2 Å². The monoisotopic (exact) mass is 347 g/mol. The lowest BCUT2D eigenvalue weighted by atomic mass is 9.88. The van der Waals surface area contributed by atoms with E-state index in [-0.39, 0.29) is 24.4 Å². The molecule has 2 aliphatic heterocycles. The summed E-state index contributed by atoms with van der Waals surface area (Å²) < 4.78 is 23.4. The maximum absolute atomic E-state index is 10.5. The van der Waals surface area contributed by atoms with Crippen LogP contribution < -0.4 is 0 Å². The first kappa shape index (κ1) is 20.0. The average molecular weight is 347 g/mol. The molecule has 9 atom stereocenters. The van der Waals surface area contributed by atoms with Gasteiger partial charge in [-0.1, -0.05) is 0 Å². The number of methoxy groups -OCH3 is 1. The number of aliphatic hydroxyl groups is 2. The standard InChI is InChI=1S/C17H33NO6/c1-9-14(19)13(18(5)6)15(10(2)22-9)24-12-8-17(4,21-7)16(20)11(3)23-12/h9-16,19-20H,8H2,1-7H3/t9?,10-,11?,12?,13?,14?,15?,16?,17?/m1/s1. The SMILES string of the molecule is COC1(C)CC(OC2C(N(C)C)C(O)C(C)O[C@@H]2C)OC(C)C1O. The highest BCUT2D eigenvalue weighted by Crippen LogP contribution is 2.35. The Bertz CT molecular complexity index is 422. The highest BCUT2D eigenvalue weighted by molar-refractivity contribution is 4.97. The Balaban J connectivity index is 2.15. The number of ether oxygens (including phenoxy) is 4. The Hall–Kier alpha value is -0.280. The van der Waals surface area contributed by atoms with Crippen molar-refractivity contribution in [1.29, 1.82) is 0 Å². The van der Waals surface area contributed by atoms with Crippen LogP contribution in [0.15, 0.2) is 0 Å². The van der Waals surface area contributed by atoms with Gasteiger partial charge in [0, 0.05) is 13.5 Å². The number of hydrogen-bond donors (Lipinski definition) is 2. The molecule has 0 bridgehead atoms. The van der Waals surface area contributed by atoms with E-state index < -0.39 is 30.2 Å². The Kier molecular flexibility index (Phi) is 6.29. The lowest BCUT2D eigenvalue weighted by molar-refractivity contribution is -0.313. The Labute approximate surface area is 144 Å². The zero-order chi connectivity index (χ0) is 18.2. The van der Waals surface area contributed by atoms with Crippen molar-refractivity contribution in [3.05, 3.63) is 0 Å². The summed E-state index contributed by atoms with van der Waals surface area (Å²) in [5.41, 5.74) is -0.735. The third-order valence-corrected chi connectivity index (χ3v) is 5.44. The van der Waals surface area contributed by atoms with Crippen molar-refractivity contribution in [3.63, 3.8) is 0 Å². The van der Waals surface area contributed by atoms with E-state index >= 15 is 0 Å². The maximum Gasteiger partial charge on any atom is 0.161 e. The molecule has 2 fully saturated rings. The van der Waals surface area contributed by atoms with Crippen molar-refractivity contribution in [2.45, 2.75) is 88.7 Å².